The Balaban J connectivity index is 2.01. The Morgan fingerprint density at radius 1 is 1.35 bits per heavy atom. The quantitative estimate of drug-likeness (QED) is 0.793. The molecule has 0 fully saturated rings. The molecular formula is C13H14N2O5. The number of ether oxygens (including phenoxy) is 1. The van der Waals surface area contributed by atoms with E-state index in [4.69, 9.17) is 4.42 Å². The molecule has 0 spiro atoms. The standard InChI is InChI=1S/C13H14N2O5/c1-19-12(17)6-7-14-11(16)8-15-9-4-2-3-5-10(9)20-13(15)18/h2-5H,6-8H2,1H3,(H,14,16). The number of oxazole rings is 1. The van der Waals surface area contributed by atoms with Gasteiger partial charge in [0.1, 0.15) is 6.54 Å². The van der Waals surface area contributed by atoms with Crippen LogP contribution in [0.15, 0.2) is 33.5 Å². The van der Waals surface area contributed by atoms with Gasteiger partial charge in [0.15, 0.2) is 5.58 Å². The van der Waals surface area contributed by atoms with Crippen molar-refractivity contribution in [3.63, 3.8) is 0 Å². The van der Waals surface area contributed by atoms with Crippen molar-refractivity contribution in [2.45, 2.75) is 13.0 Å². The molecule has 1 heterocycles. The number of nitrogens with zero attached hydrogens (tertiary/aromatic N) is 1. The predicted octanol–water partition coefficient (Wildman–Crippen LogP) is 0.274. The summed E-state index contributed by atoms with van der Waals surface area (Å²) in [7, 11) is 1.28. The summed E-state index contributed by atoms with van der Waals surface area (Å²) in [6.45, 7) is 0.00700. The van der Waals surface area contributed by atoms with Gasteiger partial charge in [0.2, 0.25) is 5.91 Å². The van der Waals surface area contributed by atoms with Crippen LogP contribution < -0.4 is 11.1 Å². The molecule has 0 radical (unpaired) electrons. The van der Waals surface area contributed by atoms with Gasteiger partial charge in [-0.05, 0) is 12.1 Å². The van der Waals surface area contributed by atoms with Gasteiger partial charge in [0.05, 0.1) is 19.0 Å². The largest absolute Gasteiger partial charge is 0.469 e. The highest BCUT2D eigenvalue weighted by atomic mass is 16.5. The first-order valence-electron chi connectivity index (χ1n) is 6.03. The summed E-state index contributed by atoms with van der Waals surface area (Å²) < 4.78 is 10.7. The fraction of sp³-hybridized carbons (Fsp3) is 0.308. The molecule has 1 amide bonds. The zero-order valence-corrected chi connectivity index (χ0v) is 10.9. The fourth-order valence-electron chi connectivity index (χ4n) is 1.77. The van der Waals surface area contributed by atoms with Crippen LogP contribution in [0.2, 0.25) is 0 Å². The third kappa shape index (κ3) is 3.05. The van der Waals surface area contributed by atoms with Crippen molar-refractivity contribution in [1.29, 1.82) is 0 Å². The normalized spacial score (nSPS) is 10.4. The van der Waals surface area contributed by atoms with Crippen LogP contribution in [0.5, 0.6) is 0 Å². The second kappa shape index (κ2) is 6.05. The lowest BCUT2D eigenvalue weighted by atomic mass is 10.3. The number of fused-ring (bicyclic) bond motifs is 1. The number of esters is 1. The number of carbonyl (C=O) groups excluding carboxylic acids is 2. The Bertz CT molecular complexity index is 685. The van der Waals surface area contributed by atoms with Crippen LogP contribution in [0, 0.1) is 0 Å². The molecule has 0 aliphatic heterocycles. The molecule has 7 heteroatoms. The lowest BCUT2D eigenvalue weighted by molar-refractivity contribution is -0.140. The molecule has 1 N–H and O–H groups in total. The lowest BCUT2D eigenvalue weighted by Crippen LogP contribution is -2.32. The summed E-state index contributed by atoms with van der Waals surface area (Å²) in [6.07, 6.45) is 0.0866. The van der Waals surface area contributed by atoms with E-state index in [1.807, 2.05) is 0 Å². The monoisotopic (exact) mass is 278 g/mol. The summed E-state index contributed by atoms with van der Waals surface area (Å²) in [5, 5.41) is 2.54. The van der Waals surface area contributed by atoms with E-state index in [1.54, 1.807) is 24.3 Å². The third-order valence-corrected chi connectivity index (χ3v) is 2.75. The van der Waals surface area contributed by atoms with Crippen molar-refractivity contribution in [1.82, 2.24) is 9.88 Å². The minimum atomic E-state index is -0.589. The van der Waals surface area contributed by atoms with E-state index in [1.165, 1.54) is 11.7 Å². The first kappa shape index (κ1) is 13.9. The molecule has 0 atom stereocenters. The summed E-state index contributed by atoms with van der Waals surface area (Å²) in [5.41, 5.74) is 0.987. The van der Waals surface area contributed by atoms with Gasteiger partial charge < -0.3 is 14.5 Å². The lowest BCUT2D eigenvalue weighted by Gasteiger charge is -2.04. The SMILES string of the molecule is COC(=O)CCNC(=O)Cn1c(=O)oc2ccccc21. The zero-order chi connectivity index (χ0) is 14.5. The van der Waals surface area contributed by atoms with Crippen LogP contribution in [0.1, 0.15) is 6.42 Å². The van der Waals surface area contributed by atoms with E-state index in [0.29, 0.717) is 11.1 Å². The Labute approximate surface area is 114 Å². The minimum Gasteiger partial charge on any atom is -0.469 e. The highest BCUT2D eigenvalue weighted by Gasteiger charge is 2.12. The van der Waals surface area contributed by atoms with Crippen LogP contribution in [0.3, 0.4) is 0 Å². The van der Waals surface area contributed by atoms with E-state index < -0.39 is 11.7 Å². The van der Waals surface area contributed by atoms with Crippen LogP contribution in [-0.4, -0.2) is 30.1 Å². The summed E-state index contributed by atoms with van der Waals surface area (Å²) in [4.78, 5) is 34.3. The number of benzene rings is 1. The van der Waals surface area contributed by atoms with Crippen LogP contribution in [0.4, 0.5) is 0 Å². The van der Waals surface area contributed by atoms with E-state index in [-0.39, 0.29) is 25.4 Å². The molecule has 0 saturated carbocycles. The molecule has 20 heavy (non-hydrogen) atoms. The number of nitrogens with one attached hydrogen (secondary N) is 1. The van der Waals surface area contributed by atoms with Crippen molar-refractivity contribution in [3.05, 3.63) is 34.8 Å². The molecule has 0 bridgehead atoms. The first-order chi connectivity index (χ1) is 9.61. The van der Waals surface area contributed by atoms with Gasteiger partial charge in [-0.25, -0.2) is 4.79 Å². The number of rotatable bonds is 5. The molecule has 1 aromatic carbocycles. The number of amides is 1. The maximum Gasteiger partial charge on any atom is 0.420 e. The van der Waals surface area contributed by atoms with Gasteiger partial charge in [-0.3, -0.25) is 14.2 Å². The van der Waals surface area contributed by atoms with Crippen LogP contribution in [0.25, 0.3) is 11.1 Å². The second-order valence-electron chi connectivity index (χ2n) is 4.10. The molecule has 106 valence electrons. The fourth-order valence-corrected chi connectivity index (χ4v) is 1.77. The van der Waals surface area contributed by atoms with E-state index in [2.05, 4.69) is 10.1 Å². The Morgan fingerprint density at radius 2 is 2.10 bits per heavy atom. The highest BCUT2D eigenvalue weighted by molar-refractivity contribution is 5.80. The average molecular weight is 278 g/mol. The van der Waals surface area contributed by atoms with Gasteiger partial charge >= 0.3 is 11.7 Å². The molecule has 0 aliphatic carbocycles. The minimum absolute atomic E-state index is 0.0866. The predicted molar refractivity (Wildman–Crippen MR) is 70.1 cm³/mol. The third-order valence-electron chi connectivity index (χ3n) is 2.75. The van der Waals surface area contributed by atoms with Crippen molar-refractivity contribution < 1.29 is 18.7 Å². The molecule has 7 nitrogen and oxygen atoms in total. The van der Waals surface area contributed by atoms with Crippen molar-refractivity contribution in [3.8, 4) is 0 Å². The Hall–Kier alpha value is -2.57. The van der Waals surface area contributed by atoms with Crippen molar-refractivity contribution in [2.75, 3.05) is 13.7 Å². The summed E-state index contributed by atoms with van der Waals surface area (Å²) in [5.74, 6) is -1.37. The van der Waals surface area contributed by atoms with Gasteiger partial charge in [-0.15, -0.1) is 0 Å². The van der Waals surface area contributed by atoms with Crippen LogP contribution >= 0.6 is 0 Å². The highest BCUT2D eigenvalue weighted by Crippen LogP contribution is 2.11. The van der Waals surface area contributed by atoms with Gasteiger partial charge in [-0.2, -0.15) is 0 Å². The van der Waals surface area contributed by atoms with Crippen molar-refractivity contribution in [2.24, 2.45) is 0 Å². The van der Waals surface area contributed by atoms with Crippen LogP contribution in [-0.2, 0) is 20.9 Å². The molecule has 1 aromatic heterocycles. The second-order valence-corrected chi connectivity index (χ2v) is 4.10. The maximum atomic E-state index is 11.7. The Kier molecular flexibility index (Phi) is 4.19. The number of carbonyl (C=O) groups is 2. The van der Waals surface area contributed by atoms with E-state index in [0.717, 1.165) is 0 Å². The average Bonchev–Trinajstić information content (AvgIpc) is 2.75. The van der Waals surface area contributed by atoms with E-state index in [9.17, 15) is 14.4 Å². The number of methoxy groups -OCH3 is 1. The number of hydrogen-bond acceptors (Lipinski definition) is 5. The summed E-state index contributed by atoms with van der Waals surface area (Å²) >= 11 is 0. The zero-order valence-electron chi connectivity index (χ0n) is 10.9. The molecule has 0 aliphatic rings. The smallest absolute Gasteiger partial charge is 0.420 e. The number of aromatic nitrogens is 1. The topological polar surface area (TPSA) is 90.5 Å². The molecular weight excluding hydrogens is 264 g/mol. The van der Waals surface area contributed by atoms with E-state index >= 15 is 0 Å². The molecule has 2 aromatic rings. The number of para-hydroxylation sites is 2. The molecule has 0 saturated heterocycles. The number of hydrogen-bond donors (Lipinski definition) is 1. The first-order valence-corrected chi connectivity index (χ1v) is 6.03. The Morgan fingerprint density at radius 3 is 2.85 bits per heavy atom. The van der Waals surface area contributed by atoms with Gasteiger partial charge in [-0.1, -0.05) is 12.1 Å². The molecule has 0 unspecified atom stereocenters. The van der Waals surface area contributed by atoms with Gasteiger partial charge in [0.25, 0.3) is 0 Å². The summed E-state index contributed by atoms with van der Waals surface area (Å²) in [6, 6.07) is 6.85. The van der Waals surface area contributed by atoms with Crippen molar-refractivity contribution >= 4 is 23.0 Å². The molecule has 2 rings (SSSR count). The van der Waals surface area contributed by atoms with Gasteiger partial charge in [0, 0.05) is 6.54 Å². The maximum absolute atomic E-state index is 11.7.